The van der Waals surface area contributed by atoms with E-state index in [1.165, 1.54) is 23.5 Å². The van der Waals surface area contributed by atoms with Crippen molar-refractivity contribution in [1.82, 2.24) is 0 Å². The third-order valence-electron chi connectivity index (χ3n) is 3.07. The fourth-order valence-corrected chi connectivity index (χ4v) is 3.49. The summed E-state index contributed by atoms with van der Waals surface area (Å²) in [5, 5.41) is 0.909. The molecule has 0 spiro atoms. The number of Topliss-reactive ketones (excluding diaryl/α,β-unsaturated/α-hetero) is 1. The van der Waals surface area contributed by atoms with Gasteiger partial charge in [-0.1, -0.05) is 40.2 Å². The Labute approximate surface area is 128 Å². The molecule has 2 aromatic carbocycles. The van der Waals surface area contributed by atoms with Crippen LogP contribution in [0.15, 0.2) is 53.0 Å². The predicted molar refractivity (Wildman–Crippen MR) is 84.0 cm³/mol. The number of fused-ring (bicyclic) bond motifs is 1. The van der Waals surface area contributed by atoms with Crippen molar-refractivity contribution in [1.29, 1.82) is 0 Å². The van der Waals surface area contributed by atoms with Gasteiger partial charge >= 0.3 is 0 Å². The lowest BCUT2D eigenvalue weighted by atomic mass is 10.1. The Balaban J connectivity index is 1.91. The molecule has 4 heteroatoms. The largest absolute Gasteiger partial charge is 0.293 e. The molecule has 0 aliphatic heterocycles. The number of rotatable bonds is 3. The molecule has 0 saturated heterocycles. The molecule has 1 aromatic heterocycles. The molecule has 3 aromatic rings. The molecule has 0 aliphatic rings. The minimum absolute atomic E-state index is 0.0542. The molecule has 20 heavy (non-hydrogen) atoms. The summed E-state index contributed by atoms with van der Waals surface area (Å²) in [5.74, 6) is -0.220. The van der Waals surface area contributed by atoms with E-state index in [-0.39, 0.29) is 11.6 Å². The third kappa shape index (κ3) is 2.67. The van der Waals surface area contributed by atoms with Gasteiger partial charge in [0.25, 0.3) is 0 Å². The van der Waals surface area contributed by atoms with Crippen LogP contribution in [0.5, 0.6) is 0 Å². The molecule has 3 rings (SSSR count). The first-order valence-corrected chi connectivity index (χ1v) is 7.70. The summed E-state index contributed by atoms with van der Waals surface area (Å²) in [4.78, 5) is 13.0. The normalized spacial score (nSPS) is 10.9. The molecule has 0 radical (unpaired) electrons. The molecule has 0 fully saturated rings. The highest BCUT2D eigenvalue weighted by Crippen LogP contribution is 2.28. The van der Waals surface area contributed by atoms with Gasteiger partial charge in [0.1, 0.15) is 5.82 Å². The van der Waals surface area contributed by atoms with Gasteiger partial charge in [0.15, 0.2) is 5.78 Å². The van der Waals surface area contributed by atoms with Crippen molar-refractivity contribution < 1.29 is 9.18 Å². The van der Waals surface area contributed by atoms with Crippen LogP contribution in [-0.2, 0) is 6.42 Å². The molecule has 0 bridgehead atoms. The minimum atomic E-state index is -0.274. The molecule has 0 aliphatic carbocycles. The van der Waals surface area contributed by atoms with E-state index in [1.807, 2.05) is 30.3 Å². The lowest BCUT2D eigenvalue weighted by Gasteiger charge is -2.01. The van der Waals surface area contributed by atoms with Crippen molar-refractivity contribution in [3.8, 4) is 0 Å². The van der Waals surface area contributed by atoms with Gasteiger partial charge in [-0.25, -0.2) is 4.39 Å². The van der Waals surface area contributed by atoms with Crippen LogP contribution >= 0.6 is 27.3 Å². The highest BCUT2D eigenvalue weighted by molar-refractivity contribution is 9.10. The quantitative estimate of drug-likeness (QED) is 0.592. The van der Waals surface area contributed by atoms with Crippen molar-refractivity contribution >= 4 is 43.1 Å². The zero-order valence-corrected chi connectivity index (χ0v) is 12.8. The summed E-state index contributed by atoms with van der Waals surface area (Å²) in [6.07, 6.45) is 0.344. The molecule has 0 N–H and O–H groups in total. The van der Waals surface area contributed by atoms with E-state index in [0.717, 1.165) is 20.1 Å². The third-order valence-corrected chi connectivity index (χ3v) is 4.98. The Bertz CT molecular complexity index is 794. The number of benzene rings is 2. The van der Waals surface area contributed by atoms with Gasteiger partial charge in [0, 0.05) is 15.6 Å². The average Bonchev–Trinajstić information content (AvgIpc) is 2.84. The molecule has 100 valence electrons. The van der Waals surface area contributed by atoms with Crippen LogP contribution in [0.3, 0.4) is 0 Å². The van der Waals surface area contributed by atoms with E-state index in [4.69, 9.17) is 0 Å². The number of thiophene rings is 1. The number of carbonyl (C=O) groups is 1. The fraction of sp³-hybridized carbons (Fsp3) is 0.0625. The smallest absolute Gasteiger partial charge is 0.177 e. The Morgan fingerprint density at radius 2 is 1.95 bits per heavy atom. The summed E-state index contributed by atoms with van der Waals surface area (Å²) in [5.41, 5.74) is 0.959. The molecule has 0 amide bonds. The monoisotopic (exact) mass is 348 g/mol. The number of carbonyl (C=O) groups excluding carboxylic acids is 1. The van der Waals surface area contributed by atoms with E-state index in [9.17, 15) is 9.18 Å². The Morgan fingerprint density at radius 3 is 2.75 bits per heavy atom. The van der Waals surface area contributed by atoms with Gasteiger partial charge in [-0.05, 0) is 35.2 Å². The van der Waals surface area contributed by atoms with Crippen molar-refractivity contribution in [3.05, 3.63) is 69.3 Å². The van der Waals surface area contributed by atoms with Crippen molar-refractivity contribution in [2.24, 2.45) is 0 Å². The zero-order valence-electron chi connectivity index (χ0n) is 10.4. The zero-order chi connectivity index (χ0) is 14.1. The molecular formula is C16H10BrFOS. The van der Waals surface area contributed by atoms with E-state index >= 15 is 0 Å². The molecule has 0 saturated carbocycles. The molecule has 0 unspecified atom stereocenters. The Kier molecular flexibility index (Phi) is 3.68. The second-order valence-corrected chi connectivity index (χ2v) is 6.42. The van der Waals surface area contributed by atoms with Crippen molar-refractivity contribution in [2.75, 3.05) is 0 Å². The van der Waals surface area contributed by atoms with Gasteiger partial charge in [-0.2, -0.15) is 0 Å². The molecule has 0 atom stereocenters. The summed E-state index contributed by atoms with van der Waals surface area (Å²) in [7, 11) is 0. The molecule has 1 heterocycles. The lowest BCUT2D eigenvalue weighted by Crippen LogP contribution is -2.01. The van der Waals surface area contributed by atoms with Crippen LogP contribution in [0, 0.1) is 5.82 Å². The summed E-state index contributed by atoms with van der Waals surface area (Å²) in [6, 6.07) is 14.1. The van der Waals surface area contributed by atoms with Crippen LogP contribution in [-0.4, -0.2) is 5.78 Å². The number of hydrogen-bond acceptors (Lipinski definition) is 2. The van der Waals surface area contributed by atoms with Gasteiger partial charge in [-0.3, -0.25) is 4.79 Å². The second-order valence-electron chi connectivity index (χ2n) is 4.48. The van der Waals surface area contributed by atoms with Gasteiger partial charge in [-0.15, -0.1) is 11.3 Å². The van der Waals surface area contributed by atoms with Crippen LogP contribution in [0.4, 0.5) is 4.39 Å². The SMILES string of the molecule is O=C(Cc1ccccc1Br)c1cc2ccc(F)cc2s1. The minimum Gasteiger partial charge on any atom is -0.293 e. The molecule has 1 nitrogen and oxygen atoms in total. The maximum absolute atomic E-state index is 13.2. The summed E-state index contributed by atoms with van der Waals surface area (Å²) in [6.45, 7) is 0. The standard InChI is InChI=1S/C16H10BrFOS/c17-13-4-2-1-3-10(13)7-14(19)16-8-11-5-6-12(18)9-15(11)20-16/h1-6,8-9H,7H2. The van der Waals surface area contributed by atoms with Crippen molar-refractivity contribution in [3.63, 3.8) is 0 Å². The number of ketones is 1. The van der Waals surface area contributed by atoms with Gasteiger partial charge < -0.3 is 0 Å². The summed E-state index contributed by atoms with van der Waals surface area (Å²) < 4.78 is 14.9. The van der Waals surface area contributed by atoms with Crippen LogP contribution in [0.1, 0.15) is 15.2 Å². The van der Waals surface area contributed by atoms with Crippen molar-refractivity contribution in [2.45, 2.75) is 6.42 Å². The predicted octanol–water partition coefficient (Wildman–Crippen LogP) is 5.23. The van der Waals surface area contributed by atoms with E-state index in [2.05, 4.69) is 15.9 Å². The first kappa shape index (κ1) is 13.5. The first-order valence-electron chi connectivity index (χ1n) is 6.09. The Hall–Kier alpha value is -1.52. The maximum atomic E-state index is 13.2. The summed E-state index contributed by atoms with van der Waals surface area (Å²) >= 11 is 4.78. The average molecular weight is 349 g/mol. The van der Waals surface area contributed by atoms with Crippen LogP contribution < -0.4 is 0 Å². The fourth-order valence-electron chi connectivity index (χ4n) is 2.04. The van der Waals surface area contributed by atoms with Crippen LogP contribution in [0.2, 0.25) is 0 Å². The highest BCUT2D eigenvalue weighted by Gasteiger charge is 2.12. The maximum Gasteiger partial charge on any atom is 0.177 e. The van der Waals surface area contributed by atoms with E-state index in [0.29, 0.717) is 11.3 Å². The topological polar surface area (TPSA) is 17.1 Å². The lowest BCUT2D eigenvalue weighted by molar-refractivity contribution is 0.0996. The van der Waals surface area contributed by atoms with E-state index < -0.39 is 0 Å². The van der Waals surface area contributed by atoms with Crippen LogP contribution in [0.25, 0.3) is 10.1 Å². The molecular weight excluding hydrogens is 339 g/mol. The number of halogens is 2. The first-order chi connectivity index (χ1) is 9.63. The second kappa shape index (κ2) is 5.46. The van der Waals surface area contributed by atoms with Gasteiger partial charge in [0.2, 0.25) is 0 Å². The van der Waals surface area contributed by atoms with Gasteiger partial charge in [0.05, 0.1) is 4.88 Å². The highest BCUT2D eigenvalue weighted by atomic mass is 79.9. The number of hydrogen-bond donors (Lipinski definition) is 0. The van der Waals surface area contributed by atoms with E-state index in [1.54, 1.807) is 6.07 Å². The Morgan fingerprint density at radius 1 is 1.15 bits per heavy atom.